The zero-order chi connectivity index (χ0) is 16.5. The molecular formula is C18H19N3OS. The van der Waals surface area contributed by atoms with Gasteiger partial charge < -0.3 is 5.32 Å². The van der Waals surface area contributed by atoms with Gasteiger partial charge in [0.05, 0.1) is 11.3 Å². The van der Waals surface area contributed by atoms with Crippen LogP contribution in [0.3, 0.4) is 0 Å². The molecule has 4 nitrogen and oxygen atoms in total. The first-order valence-corrected chi connectivity index (χ1v) is 8.49. The molecule has 0 unspecified atom stereocenters. The lowest BCUT2D eigenvalue weighted by Crippen LogP contribution is -2.34. The quantitative estimate of drug-likeness (QED) is 0.794. The molecule has 1 atom stereocenters. The topological polar surface area (TPSA) is 65.8 Å². The van der Waals surface area contributed by atoms with E-state index in [9.17, 15) is 4.79 Å². The van der Waals surface area contributed by atoms with Gasteiger partial charge in [-0.1, -0.05) is 42.1 Å². The second kappa shape index (κ2) is 8.96. The Morgan fingerprint density at radius 1 is 1.30 bits per heavy atom. The number of nitriles is 1. The second-order valence-corrected chi connectivity index (χ2v) is 6.21. The van der Waals surface area contributed by atoms with Crippen molar-refractivity contribution >= 4 is 17.7 Å². The molecule has 0 aliphatic heterocycles. The maximum absolute atomic E-state index is 12.0. The maximum atomic E-state index is 12.0. The molecule has 0 spiro atoms. The van der Waals surface area contributed by atoms with Gasteiger partial charge in [0.2, 0.25) is 5.91 Å². The van der Waals surface area contributed by atoms with Crippen molar-refractivity contribution in [2.75, 3.05) is 5.75 Å². The first kappa shape index (κ1) is 17.0. The van der Waals surface area contributed by atoms with Crippen LogP contribution in [0.25, 0.3) is 0 Å². The van der Waals surface area contributed by atoms with Crippen LogP contribution in [0.2, 0.25) is 0 Å². The summed E-state index contributed by atoms with van der Waals surface area (Å²) in [7, 11) is 0. The number of thioether (sulfide) groups is 1. The number of aromatic nitrogens is 1. The van der Waals surface area contributed by atoms with Crippen LogP contribution in [-0.2, 0) is 11.2 Å². The first-order chi connectivity index (χ1) is 11.2. The minimum absolute atomic E-state index is 0.0369. The van der Waals surface area contributed by atoms with Crippen molar-refractivity contribution in [3.8, 4) is 6.07 Å². The Morgan fingerprint density at radius 3 is 2.83 bits per heavy atom. The first-order valence-electron chi connectivity index (χ1n) is 7.50. The fourth-order valence-electron chi connectivity index (χ4n) is 2.14. The standard InChI is InChI=1S/C18H19N3OS/c1-14(9-10-15-6-3-2-4-7-15)21-17(22)13-23-18-16(12-19)8-5-11-20-18/h2-8,11,14H,9-10,13H2,1H3,(H,21,22)/t14-/m1/s1. The van der Waals surface area contributed by atoms with Crippen LogP contribution in [-0.4, -0.2) is 22.7 Å². The summed E-state index contributed by atoms with van der Waals surface area (Å²) < 4.78 is 0. The number of nitrogens with zero attached hydrogens (tertiary/aromatic N) is 2. The van der Waals surface area contributed by atoms with Gasteiger partial charge in [-0.25, -0.2) is 4.98 Å². The molecule has 0 bridgehead atoms. The van der Waals surface area contributed by atoms with Gasteiger partial charge in [-0.15, -0.1) is 0 Å². The van der Waals surface area contributed by atoms with Crippen molar-refractivity contribution in [1.29, 1.82) is 5.26 Å². The summed E-state index contributed by atoms with van der Waals surface area (Å²) in [5.41, 5.74) is 1.78. The zero-order valence-corrected chi connectivity index (χ0v) is 13.8. The molecule has 0 aliphatic rings. The summed E-state index contributed by atoms with van der Waals surface area (Å²) in [4.78, 5) is 16.1. The van der Waals surface area contributed by atoms with Crippen LogP contribution < -0.4 is 5.32 Å². The average Bonchev–Trinajstić information content (AvgIpc) is 2.59. The highest BCUT2D eigenvalue weighted by Crippen LogP contribution is 2.18. The summed E-state index contributed by atoms with van der Waals surface area (Å²) in [6.45, 7) is 2.01. The van der Waals surface area contributed by atoms with E-state index < -0.39 is 0 Å². The van der Waals surface area contributed by atoms with Gasteiger partial charge in [-0.2, -0.15) is 5.26 Å². The van der Waals surface area contributed by atoms with Crippen LogP contribution in [0.5, 0.6) is 0 Å². The van der Waals surface area contributed by atoms with Crippen molar-refractivity contribution in [1.82, 2.24) is 10.3 Å². The Labute approximate surface area is 140 Å². The number of aryl methyl sites for hydroxylation is 1. The van der Waals surface area contributed by atoms with Crippen molar-refractivity contribution in [3.05, 3.63) is 59.8 Å². The Kier molecular flexibility index (Phi) is 6.64. The van der Waals surface area contributed by atoms with Crippen LogP contribution in [0.15, 0.2) is 53.7 Å². The van der Waals surface area contributed by atoms with Crippen LogP contribution >= 0.6 is 11.8 Å². The summed E-state index contributed by atoms with van der Waals surface area (Å²) in [5, 5.41) is 12.6. The summed E-state index contributed by atoms with van der Waals surface area (Å²) >= 11 is 1.29. The van der Waals surface area contributed by atoms with Crippen LogP contribution in [0.1, 0.15) is 24.5 Å². The zero-order valence-electron chi connectivity index (χ0n) is 13.0. The lowest BCUT2D eigenvalue weighted by Gasteiger charge is -2.13. The van der Waals surface area contributed by atoms with Gasteiger partial charge in [-0.05, 0) is 37.5 Å². The predicted molar refractivity (Wildman–Crippen MR) is 92.0 cm³/mol. The third-order valence-corrected chi connectivity index (χ3v) is 4.35. The van der Waals surface area contributed by atoms with E-state index in [1.807, 2.05) is 25.1 Å². The molecule has 1 N–H and O–H groups in total. The van der Waals surface area contributed by atoms with E-state index >= 15 is 0 Å². The number of hydrogen-bond donors (Lipinski definition) is 1. The third-order valence-electron chi connectivity index (χ3n) is 3.35. The molecular weight excluding hydrogens is 306 g/mol. The molecule has 118 valence electrons. The average molecular weight is 325 g/mol. The monoisotopic (exact) mass is 325 g/mol. The smallest absolute Gasteiger partial charge is 0.230 e. The summed E-state index contributed by atoms with van der Waals surface area (Å²) in [6.07, 6.45) is 3.46. The molecule has 0 fully saturated rings. The number of pyridine rings is 1. The predicted octanol–water partition coefficient (Wildman–Crippen LogP) is 3.18. The molecule has 1 aromatic carbocycles. The number of nitrogens with one attached hydrogen (secondary N) is 1. The van der Waals surface area contributed by atoms with Crippen LogP contribution in [0.4, 0.5) is 0 Å². The highest BCUT2D eigenvalue weighted by molar-refractivity contribution is 7.99. The molecule has 0 saturated heterocycles. The van der Waals surface area contributed by atoms with Gasteiger partial charge >= 0.3 is 0 Å². The Bertz CT molecular complexity index is 682. The number of amides is 1. The number of hydrogen-bond acceptors (Lipinski definition) is 4. The van der Waals surface area contributed by atoms with E-state index in [0.29, 0.717) is 10.6 Å². The molecule has 0 radical (unpaired) electrons. The summed E-state index contributed by atoms with van der Waals surface area (Å²) in [5.74, 6) is 0.228. The molecule has 5 heteroatoms. The minimum atomic E-state index is -0.0369. The van der Waals surface area contributed by atoms with Gasteiger partial charge in [0, 0.05) is 12.2 Å². The molecule has 0 aliphatic carbocycles. The Hall–Kier alpha value is -2.32. The molecule has 2 aromatic rings. The SMILES string of the molecule is C[C@H](CCc1ccccc1)NC(=O)CSc1ncccc1C#N. The largest absolute Gasteiger partial charge is 0.353 e. The number of rotatable bonds is 7. The Morgan fingerprint density at radius 2 is 2.09 bits per heavy atom. The van der Waals surface area contributed by atoms with Crippen molar-refractivity contribution in [3.63, 3.8) is 0 Å². The second-order valence-electron chi connectivity index (χ2n) is 5.25. The molecule has 23 heavy (non-hydrogen) atoms. The van der Waals surface area contributed by atoms with E-state index in [0.717, 1.165) is 12.8 Å². The van der Waals surface area contributed by atoms with Gasteiger partial charge in [-0.3, -0.25) is 4.79 Å². The lowest BCUT2D eigenvalue weighted by molar-refractivity contribution is -0.119. The minimum Gasteiger partial charge on any atom is -0.353 e. The lowest BCUT2D eigenvalue weighted by atomic mass is 10.1. The normalized spacial score (nSPS) is 11.5. The number of carbonyl (C=O) groups is 1. The Balaban J connectivity index is 1.75. The third kappa shape index (κ3) is 5.76. The van der Waals surface area contributed by atoms with Crippen molar-refractivity contribution < 1.29 is 4.79 Å². The van der Waals surface area contributed by atoms with E-state index in [-0.39, 0.29) is 17.7 Å². The van der Waals surface area contributed by atoms with Crippen molar-refractivity contribution in [2.24, 2.45) is 0 Å². The molecule has 0 saturated carbocycles. The highest BCUT2D eigenvalue weighted by atomic mass is 32.2. The van der Waals surface area contributed by atoms with E-state index in [4.69, 9.17) is 5.26 Å². The fourth-order valence-corrected chi connectivity index (χ4v) is 2.90. The highest BCUT2D eigenvalue weighted by Gasteiger charge is 2.10. The number of benzene rings is 1. The van der Waals surface area contributed by atoms with Gasteiger partial charge in [0.1, 0.15) is 11.1 Å². The summed E-state index contributed by atoms with van der Waals surface area (Å²) in [6, 6.07) is 15.8. The maximum Gasteiger partial charge on any atom is 0.230 e. The fraction of sp³-hybridized carbons (Fsp3) is 0.278. The van der Waals surface area contributed by atoms with Gasteiger partial charge in [0.15, 0.2) is 0 Å². The molecule has 1 amide bonds. The van der Waals surface area contributed by atoms with E-state index in [2.05, 4.69) is 28.5 Å². The molecule has 1 heterocycles. The van der Waals surface area contributed by atoms with E-state index in [1.54, 1.807) is 18.3 Å². The number of carbonyl (C=O) groups excluding carboxylic acids is 1. The molecule has 2 rings (SSSR count). The van der Waals surface area contributed by atoms with Crippen molar-refractivity contribution in [2.45, 2.75) is 30.8 Å². The molecule has 1 aromatic heterocycles. The van der Waals surface area contributed by atoms with Crippen LogP contribution in [0, 0.1) is 11.3 Å². The van der Waals surface area contributed by atoms with E-state index in [1.165, 1.54) is 17.3 Å². The van der Waals surface area contributed by atoms with Gasteiger partial charge in [0.25, 0.3) is 0 Å².